The molecule has 0 radical (unpaired) electrons. The minimum atomic E-state index is -0.236. The smallest absolute Gasteiger partial charge is 0.122 e. The lowest BCUT2D eigenvalue weighted by Gasteiger charge is -2.27. The van der Waals surface area contributed by atoms with E-state index in [1.807, 2.05) is 12.1 Å². The van der Waals surface area contributed by atoms with Crippen LogP contribution in [0, 0.1) is 5.92 Å². The Morgan fingerprint density at radius 1 is 1.30 bits per heavy atom. The van der Waals surface area contributed by atoms with E-state index in [2.05, 4.69) is 31.3 Å². The van der Waals surface area contributed by atoms with E-state index in [4.69, 9.17) is 4.74 Å². The highest BCUT2D eigenvalue weighted by molar-refractivity contribution is 5.37. The summed E-state index contributed by atoms with van der Waals surface area (Å²) in [6.45, 7) is 6.68. The first kappa shape index (κ1) is 15.3. The van der Waals surface area contributed by atoms with Gasteiger partial charge in [0.2, 0.25) is 0 Å². The highest BCUT2D eigenvalue weighted by Crippen LogP contribution is 2.32. The molecule has 0 spiro atoms. The Labute approximate surface area is 122 Å². The van der Waals surface area contributed by atoms with E-state index in [1.165, 1.54) is 5.56 Å². The molecule has 0 aliphatic carbocycles. The van der Waals surface area contributed by atoms with Gasteiger partial charge >= 0.3 is 0 Å². The fraction of sp³-hybridized carbons (Fsp3) is 0.647. The van der Waals surface area contributed by atoms with Gasteiger partial charge in [0.25, 0.3) is 0 Å². The third-order valence-corrected chi connectivity index (χ3v) is 4.42. The molecule has 2 N–H and O–H groups in total. The molecule has 1 aromatic carbocycles. The quantitative estimate of drug-likeness (QED) is 0.805. The first-order valence-electron chi connectivity index (χ1n) is 7.86. The summed E-state index contributed by atoms with van der Waals surface area (Å²) in [6, 6.07) is 8.28. The van der Waals surface area contributed by atoms with Crippen LogP contribution in [0.2, 0.25) is 0 Å². The molecule has 2 rings (SSSR count). The third kappa shape index (κ3) is 3.74. The maximum Gasteiger partial charge on any atom is 0.122 e. The zero-order valence-electron chi connectivity index (χ0n) is 12.6. The van der Waals surface area contributed by atoms with Gasteiger partial charge in [-0.25, -0.2) is 0 Å². The molecule has 3 heteroatoms. The summed E-state index contributed by atoms with van der Waals surface area (Å²) in [5, 5.41) is 13.6. The third-order valence-electron chi connectivity index (χ3n) is 4.42. The highest BCUT2D eigenvalue weighted by Gasteiger charge is 2.21. The molecule has 1 aliphatic heterocycles. The van der Waals surface area contributed by atoms with Crippen molar-refractivity contribution in [1.82, 2.24) is 5.32 Å². The molecule has 0 fully saturated rings. The van der Waals surface area contributed by atoms with Crippen molar-refractivity contribution < 1.29 is 9.84 Å². The summed E-state index contributed by atoms with van der Waals surface area (Å²) in [5.41, 5.74) is 1.29. The molecule has 0 saturated carbocycles. The Morgan fingerprint density at radius 2 is 2.05 bits per heavy atom. The van der Waals surface area contributed by atoms with Crippen LogP contribution in [-0.4, -0.2) is 30.9 Å². The number of aliphatic hydroxyl groups excluding tert-OH is 1. The topological polar surface area (TPSA) is 41.5 Å². The second-order valence-corrected chi connectivity index (χ2v) is 5.67. The summed E-state index contributed by atoms with van der Waals surface area (Å²) >= 11 is 0. The van der Waals surface area contributed by atoms with Crippen LogP contribution in [0.15, 0.2) is 24.3 Å². The van der Waals surface area contributed by atoms with Crippen molar-refractivity contribution in [3.63, 3.8) is 0 Å². The maximum atomic E-state index is 10.1. The van der Waals surface area contributed by atoms with Crippen LogP contribution in [0.1, 0.15) is 44.6 Å². The van der Waals surface area contributed by atoms with Crippen LogP contribution in [0.4, 0.5) is 0 Å². The first-order valence-corrected chi connectivity index (χ1v) is 7.86. The van der Waals surface area contributed by atoms with Crippen molar-refractivity contribution in [3.8, 4) is 5.75 Å². The highest BCUT2D eigenvalue weighted by atomic mass is 16.5. The Bertz CT molecular complexity index is 404. The molecule has 1 aliphatic rings. The Kier molecular flexibility index (Phi) is 5.86. The summed E-state index contributed by atoms with van der Waals surface area (Å²) in [7, 11) is 0. The summed E-state index contributed by atoms with van der Waals surface area (Å²) in [4.78, 5) is 0. The number of hydrogen-bond donors (Lipinski definition) is 2. The molecule has 0 bridgehead atoms. The van der Waals surface area contributed by atoms with Crippen molar-refractivity contribution >= 4 is 0 Å². The predicted molar refractivity (Wildman–Crippen MR) is 82.2 cm³/mol. The van der Waals surface area contributed by atoms with Gasteiger partial charge in [-0.05, 0) is 24.0 Å². The zero-order chi connectivity index (χ0) is 14.4. The van der Waals surface area contributed by atoms with Gasteiger partial charge in [0.15, 0.2) is 0 Å². The summed E-state index contributed by atoms with van der Waals surface area (Å²) < 4.78 is 5.68. The average Bonchev–Trinajstić information content (AvgIpc) is 2.49. The Hall–Kier alpha value is -1.06. The number of ether oxygens (including phenoxy) is 1. The lowest BCUT2D eigenvalue weighted by atomic mass is 9.92. The molecule has 3 nitrogen and oxygen atoms in total. The van der Waals surface area contributed by atoms with E-state index >= 15 is 0 Å². The molecule has 0 amide bonds. The second-order valence-electron chi connectivity index (χ2n) is 5.67. The van der Waals surface area contributed by atoms with E-state index in [0.29, 0.717) is 18.4 Å². The molecule has 1 aromatic rings. The van der Waals surface area contributed by atoms with Crippen molar-refractivity contribution in [2.75, 3.05) is 19.7 Å². The Morgan fingerprint density at radius 3 is 2.80 bits per heavy atom. The minimum absolute atomic E-state index is 0.236. The minimum Gasteiger partial charge on any atom is -0.493 e. The molecular weight excluding hydrogens is 250 g/mol. The van der Waals surface area contributed by atoms with Crippen LogP contribution < -0.4 is 10.1 Å². The van der Waals surface area contributed by atoms with Gasteiger partial charge in [-0.1, -0.05) is 44.9 Å². The van der Waals surface area contributed by atoms with Crippen LogP contribution in [0.5, 0.6) is 5.75 Å². The van der Waals surface area contributed by atoms with Gasteiger partial charge in [0.05, 0.1) is 12.7 Å². The van der Waals surface area contributed by atoms with E-state index in [9.17, 15) is 5.11 Å². The zero-order valence-corrected chi connectivity index (χ0v) is 12.6. The fourth-order valence-corrected chi connectivity index (χ4v) is 3.03. The Balaban J connectivity index is 1.83. The lowest BCUT2D eigenvalue weighted by molar-refractivity contribution is 0.101. The SMILES string of the molecule is CCC(CC)C(O)CNCC1CCOc2ccccc21. The van der Waals surface area contributed by atoms with Crippen LogP contribution in [-0.2, 0) is 0 Å². The first-order chi connectivity index (χ1) is 9.76. The van der Waals surface area contributed by atoms with E-state index < -0.39 is 0 Å². The van der Waals surface area contributed by atoms with Crippen molar-refractivity contribution in [2.45, 2.75) is 45.1 Å². The molecular formula is C17H27NO2. The monoisotopic (exact) mass is 277 g/mol. The number of para-hydroxylation sites is 1. The van der Waals surface area contributed by atoms with Gasteiger partial charge in [-0.3, -0.25) is 0 Å². The van der Waals surface area contributed by atoms with Gasteiger partial charge < -0.3 is 15.2 Å². The van der Waals surface area contributed by atoms with Crippen LogP contribution in [0.25, 0.3) is 0 Å². The van der Waals surface area contributed by atoms with E-state index in [1.54, 1.807) is 0 Å². The van der Waals surface area contributed by atoms with Crippen LogP contribution in [0.3, 0.4) is 0 Å². The fourth-order valence-electron chi connectivity index (χ4n) is 3.03. The average molecular weight is 277 g/mol. The van der Waals surface area contributed by atoms with Crippen LogP contribution >= 0.6 is 0 Å². The number of benzene rings is 1. The number of nitrogens with one attached hydrogen (secondary N) is 1. The normalized spacial score (nSPS) is 19.5. The molecule has 0 saturated heterocycles. The summed E-state index contributed by atoms with van der Waals surface area (Å²) in [6.07, 6.45) is 2.89. The van der Waals surface area contributed by atoms with Gasteiger partial charge in [0, 0.05) is 19.0 Å². The molecule has 2 unspecified atom stereocenters. The number of hydrogen-bond acceptors (Lipinski definition) is 3. The van der Waals surface area contributed by atoms with Gasteiger partial charge in [-0.2, -0.15) is 0 Å². The lowest BCUT2D eigenvalue weighted by Crippen LogP contribution is -2.35. The van der Waals surface area contributed by atoms with Crippen molar-refractivity contribution in [3.05, 3.63) is 29.8 Å². The van der Waals surface area contributed by atoms with E-state index in [-0.39, 0.29) is 6.10 Å². The van der Waals surface area contributed by atoms with Crippen molar-refractivity contribution in [2.24, 2.45) is 5.92 Å². The predicted octanol–water partition coefficient (Wildman–Crippen LogP) is 2.94. The van der Waals surface area contributed by atoms with Crippen molar-refractivity contribution in [1.29, 1.82) is 0 Å². The summed E-state index contributed by atoms with van der Waals surface area (Å²) in [5.74, 6) is 1.92. The molecule has 20 heavy (non-hydrogen) atoms. The molecule has 2 atom stereocenters. The standard InChI is InChI=1S/C17H27NO2/c1-3-13(4-2)16(19)12-18-11-14-9-10-20-17-8-6-5-7-15(14)17/h5-8,13-14,16,18-19H,3-4,9-12H2,1-2H3. The molecule has 0 aromatic heterocycles. The second kappa shape index (κ2) is 7.65. The number of rotatable bonds is 7. The van der Waals surface area contributed by atoms with Gasteiger partial charge in [-0.15, -0.1) is 0 Å². The van der Waals surface area contributed by atoms with Gasteiger partial charge in [0.1, 0.15) is 5.75 Å². The largest absolute Gasteiger partial charge is 0.493 e. The molecule has 1 heterocycles. The number of aliphatic hydroxyl groups is 1. The molecule has 112 valence electrons. The van der Waals surface area contributed by atoms with E-state index in [0.717, 1.165) is 38.2 Å². The maximum absolute atomic E-state index is 10.1. The number of fused-ring (bicyclic) bond motifs is 1.